The Kier molecular flexibility index (Phi) is 10.8. The number of rotatable bonds is 13. The van der Waals surface area contributed by atoms with E-state index in [2.05, 4.69) is 5.32 Å². The minimum Gasteiger partial charge on any atom is -0.491 e. The summed E-state index contributed by atoms with van der Waals surface area (Å²) < 4.78 is 16.4. The van der Waals surface area contributed by atoms with Crippen LogP contribution >= 0.6 is 11.6 Å². The number of ether oxygens (including phenoxy) is 3. The summed E-state index contributed by atoms with van der Waals surface area (Å²) in [6, 6.07) is 19.3. The van der Waals surface area contributed by atoms with Gasteiger partial charge in [-0.3, -0.25) is 14.4 Å². The Balaban J connectivity index is 1.57. The van der Waals surface area contributed by atoms with E-state index in [0.717, 1.165) is 17.5 Å². The number of carbonyl (C=O) groups is 3. The largest absolute Gasteiger partial charge is 0.491 e. The molecule has 0 saturated heterocycles. The van der Waals surface area contributed by atoms with Gasteiger partial charge in [-0.05, 0) is 72.9 Å². The molecule has 0 aromatic heterocycles. The van der Waals surface area contributed by atoms with Crippen LogP contribution in [0.1, 0.15) is 46.8 Å². The Morgan fingerprint density at radius 2 is 1.76 bits per heavy atom. The van der Waals surface area contributed by atoms with Gasteiger partial charge >= 0.3 is 5.97 Å². The van der Waals surface area contributed by atoms with E-state index in [9.17, 15) is 14.4 Å². The molecule has 4 rings (SSSR count). The maximum Gasteiger partial charge on any atom is 0.320 e. The molecule has 9 heteroatoms. The molecule has 1 N–H and O–H groups in total. The van der Waals surface area contributed by atoms with Crippen molar-refractivity contribution in [2.75, 3.05) is 26.9 Å². The van der Waals surface area contributed by atoms with Crippen molar-refractivity contribution in [3.63, 3.8) is 0 Å². The number of halogens is 1. The molecule has 0 fully saturated rings. The minimum absolute atomic E-state index is 0.119. The zero-order valence-corrected chi connectivity index (χ0v) is 24.1. The molecule has 0 aliphatic heterocycles. The van der Waals surface area contributed by atoms with Gasteiger partial charge in [0.2, 0.25) is 5.91 Å². The zero-order valence-electron chi connectivity index (χ0n) is 23.4. The fourth-order valence-electron chi connectivity index (χ4n) is 4.83. The van der Waals surface area contributed by atoms with Gasteiger partial charge in [-0.2, -0.15) is 0 Å². The minimum atomic E-state index is -0.640. The molecule has 8 nitrogen and oxygen atoms in total. The van der Waals surface area contributed by atoms with Gasteiger partial charge in [0.05, 0.1) is 6.61 Å². The van der Waals surface area contributed by atoms with Crippen molar-refractivity contribution in [3.8, 4) is 11.5 Å². The number of hydrogen-bond acceptors (Lipinski definition) is 6. The molecule has 0 spiro atoms. The van der Waals surface area contributed by atoms with Crippen LogP contribution in [0.3, 0.4) is 0 Å². The Bertz CT molecular complexity index is 1360. The summed E-state index contributed by atoms with van der Waals surface area (Å²) in [5.41, 5.74) is 3.38. The smallest absolute Gasteiger partial charge is 0.320 e. The maximum atomic E-state index is 13.7. The number of fused-ring (bicyclic) bond motifs is 1. The summed E-state index contributed by atoms with van der Waals surface area (Å²) >= 11 is 6.34. The quantitative estimate of drug-likeness (QED) is 0.133. The van der Waals surface area contributed by atoms with Crippen LogP contribution in [-0.4, -0.2) is 55.6 Å². The molecular formula is C32H35ClN2O6. The van der Waals surface area contributed by atoms with E-state index in [-0.39, 0.29) is 24.4 Å². The van der Waals surface area contributed by atoms with Crippen LogP contribution < -0.4 is 14.8 Å². The molecule has 1 atom stereocenters. The lowest BCUT2D eigenvalue weighted by atomic mass is 10.1. The molecule has 0 bridgehead atoms. The molecule has 1 unspecified atom stereocenters. The standard InChI is InChI=1S/C32H35ClN2O6/c1-3-13-34-32(38)23-10-9-22-18-27(19-24(22)16-23)35(30(36)20-31(37)41-28-7-5-4-6-8-28)21-25-17-26(33)11-12-29(25)40-15-14-39-2/h4-12,16-17,27H,3,13-15,18-21H2,1-2H3,(H,34,38). The summed E-state index contributed by atoms with van der Waals surface area (Å²) in [6.45, 7) is 3.53. The van der Waals surface area contributed by atoms with E-state index in [1.807, 2.05) is 31.2 Å². The SMILES string of the molecule is CCCNC(=O)c1ccc2c(c1)CC(N(Cc1cc(Cl)ccc1OCCOC)C(=O)CC(=O)Oc1ccccc1)C2. The fourth-order valence-corrected chi connectivity index (χ4v) is 5.02. The third-order valence-electron chi connectivity index (χ3n) is 6.85. The summed E-state index contributed by atoms with van der Waals surface area (Å²) in [5.74, 6) is -0.164. The Hall–Kier alpha value is -3.88. The van der Waals surface area contributed by atoms with Crippen molar-refractivity contribution < 1.29 is 28.6 Å². The van der Waals surface area contributed by atoms with Gasteiger partial charge in [0.1, 0.15) is 24.5 Å². The number of hydrogen-bond donors (Lipinski definition) is 1. The number of para-hydroxylation sites is 1. The van der Waals surface area contributed by atoms with Crippen molar-refractivity contribution in [1.29, 1.82) is 0 Å². The topological polar surface area (TPSA) is 94.2 Å². The van der Waals surface area contributed by atoms with Crippen molar-refractivity contribution in [3.05, 3.63) is 94.0 Å². The lowest BCUT2D eigenvalue weighted by Gasteiger charge is -2.30. The Morgan fingerprint density at radius 1 is 0.976 bits per heavy atom. The first-order valence-electron chi connectivity index (χ1n) is 13.7. The zero-order chi connectivity index (χ0) is 29.2. The molecule has 0 radical (unpaired) electrons. The summed E-state index contributed by atoms with van der Waals surface area (Å²) in [7, 11) is 1.59. The van der Waals surface area contributed by atoms with Crippen molar-refractivity contribution >= 4 is 29.4 Å². The molecule has 1 aliphatic rings. The number of carbonyl (C=O) groups excluding carboxylic acids is 3. The highest BCUT2D eigenvalue weighted by molar-refractivity contribution is 6.30. The number of amides is 2. The lowest BCUT2D eigenvalue weighted by molar-refractivity contribution is -0.144. The van der Waals surface area contributed by atoms with Gasteiger partial charge in [-0.15, -0.1) is 0 Å². The Morgan fingerprint density at radius 3 is 2.51 bits per heavy atom. The van der Waals surface area contributed by atoms with E-state index in [1.54, 1.807) is 54.5 Å². The number of methoxy groups -OCH3 is 1. The van der Waals surface area contributed by atoms with Crippen LogP contribution in [0, 0.1) is 0 Å². The van der Waals surface area contributed by atoms with Crippen LogP contribution in [0.2, 0.25) is 5.02 Å². The molecule has 41 heavy (non-hydrogen) atoms. The van der Waals surface area contributed by atoms with E-state index >= 15 is 0 Å². The second-order valence-corrected chi connectivity index (χ2v) is 10.3. The van der Waals surface area contributed by atoms with Crippen LogP contribution in [-0.2, 0) is 33.7 Å². The van der Waals surface area contributed by atoms with Gasteiger partial charge < -0.3 is 24.4 Å². The van der Waals surface area contributed by atoms with Crippen LogP contribution in [0.5, 0.6) is 11.5 Å². The van der Waals surface area contributed by atoms with E-state index in [1.165, 1.54) is 0 Å². The van der Waals surface area contributed by atoms with E-state index in [0.29, 0.717) is 60.2 Å². The molecule has 0 saturated carbocycles. The molecule has 216 valence electrons. The van der Waals surface area contributed by atoms with E-state index in [4.69, 9.17) is 25.8 Å². The first kappa shape index (κ1) is 30.1. The maximum absolute atomic E-state index is 13.7. The molecule has 0 heterocycles. The lowest BCUT2D eigenvalue weighted by Crippen LogP contribution is -2.41. The average Bonchev–Trinajstić information content (AvgIpc) is 3.39. The second kappa shape index (κ2) is 14.7. The number of esters is 1. The van der Waals surface area contributed by atoms with Crippen molar-refractivity contribution in [2.45, 2.75) is 45.2 Å². The highest BCUT2D eigenvalue weighted by Gasteiger charge is 2.32. The third-order valence-corrected chi connectivity index (χ3v) is 7.09. The summed E-state index contributed by atoms with van der Waals surface area (Å²) in [4.78, 5) is 40.7. The number of nitrogens with one attached hydrogen (secondary N) is 1. The molecular weight excluding hydrogens is 544 g/mol. The predicted octanol–water partition coefficient (Wildman–Crippen LogP) is 5.00. The summed E-state index contributed by atoms with van der Waals surface area (Å²) in [6.07, 6.45) is 1.56. The van der Waals surface area contributed by atoms with Crippen molar-refractivity contribution in [2.24, 2.45) is 0 Å². The van der Waals surface area contributed by atoms with Gasteiger partial charge in [0.15, 0.2) is 0 Å². The Labute approximate surface area is 245 Å². The molecule has 1 aliphatic carbocycles. The first-order chi connectivity index (χ1) is 19.9. The first-order valence-corrected chi connectivity index (χ1v) is 14.1. The highest BCUT2D eigenvalue weighted by atomic mass is 35.5. The second-order valence-electron chi connectivity index (χ2n) is 9.88. The van der Waals surface area contributed by atoms with Crippen LogP contribution in [0.15, 0.2) is 66.7 Å². The number of benzene rings is 3. The van der Waals surface area contributed by atoms with E-state index < -0.39 is 12.4 Å². The van der Waals surface area contributed by atoms with Gasteiger partial charge in [0.25, 0.3) is 5.91 Å². The molecule has 3 aromatic rings. The fraction of sp³-hybridized carbons (Fsp3) is 0.344. The van der Waals surface area contributed by atoms with Gasteiger partial charge in [0, 0.05) is 42.4 Å². The molecule has 2 amide bonds. The van der Waals surface area contributed by atoms with Gasteiger partial charge in [-0.1, -0.05) is 42.8 Å². The van der Waals surface area contributed by atoms with Crippen molar-refractivity contribution in [1.82, 2.24) is 10.2 Å². The number of nitrogens with zero attached hydrogens (tertiary/aromatic N) is 1. The molecule has 3 aromatic carbocycles. The third kappa shape index (κ3) is 8.31. The predicted molar refractivity (Wildman–Crippen MR) is 156 cm³/mol. The van der Waals surface area contributed by atoms with Crippen LogP contribution in [0.25, 0.3) is 0 Å². The van der Waals surface area contributed by atoms with Crippen LogP contribution in [0.4, 0.5) is 0 Å². The highest BCUT2D eigenvalue weighted by Crippen LogP contribution is 2.31. The van der Waals surface area contributed by atoms with Gasteiger partial charge in [-0.25, -0.2) is 0 Å². The average molecular weight is 579 g/mol. The summed E-state index contributed by atoms with van der Waals surface area (Å²) in [5, 5.41) is 3.42. The normalized spacial score (nSPS) is 13.8. The monoisotopic (exact) mass is 578 g/mol.